The fourth-order valence-electron chi connectivity index (χ4n) is 1.09. The Bertz CT molecular complexity index is 273. The topological polar surface area (TPSA) is 70.4 Å². The Labute approximate surface area is 126 Å². The van der Waals surface area contributed by atoms with Crippen molar-refractivity contribution in [2.75, 3.05) is 0 Å². The monoisotopic (exact) mass is 290 g/mol. The highest BCUT2D eigenvalue weighted by Crippen LogP contribution is 2.13. The van der Waals surface area contributed by atoms with E-state index in [1.165, 1.54) is 5.56 Å². The lowest BCUT2D eigenvalue weighted by Gasteiger charge is -2.08. The molecule has 1 aromatic heterocycles. The van der Waals surface area contributed by atoms with Gasteiger partial charge in [0.2, 0.25) is 0 Å². The third-order valence-electron chi connectivity index (χ3n) is 1.73. The highest BCUT2D eigenvalue weighted by molar-refractivity contribution is 7.81. The minimum Gasteiger partial charge on any atom is -0.412 e. The molecule has 4 N–H and O–H groups in total. The maximum absolute atomic E-state index is 5.88. The van der Waals surface area contributed by atoms with Gasteiger partial charge in [-0.05, 0) is 24.1 Å². The van der Waals surface area contributed by atoms with Gasteiger partial charge in [-0.15, -0.1) is 0 Å². The van der Waals surface area contributed by atoms with Crippen molar-refractivity contribution in [2.24, 2.45) is 5.73 Å². The molecule has 0 bridgehead atoms. The van der Waals surface area contributed by atoms with Crippen LogP contribution >= 0.6 is 12.6 Å². The predicted octanol–water partition coefficient (Wildman–Crippen LogP) is 4.04. The summed E-state index contributed by atoms with van der Waals surface area (Å²) in [4.78, 5) is 3.93. The van der Waals surface area contributed by atoms with E-state index in [1.807, 2.05) is 26.0 Å². The second-order valence-corrected chi connectivity index (χ2v) is 6.19. The average molecular weight is 291 g/mol. The lowest BCUT2D eigenvalue weighted by molar-refractivity contribution is 0.637. The number of hydrogen-bond donors (Lipinski definition) is 2. The Hall–Kier alpha value is -0.580. The zero-order valence-corrected chi connectivity index (χ0v) is 14.2. The van der Waals surface area contributed by atoms with Crippen molar-refractivity contribution in [3.05, 3.63) is 30.1 Å². The molecule has 4 heteroatoms. The Morgan fingerprint density at radius 3 is 1.95 bits per heavy atom. The molecule has 0 fully saturated rings. The fourth-order valence-corrected chi connectivity index (χ4v) is 1.09. The van der Waals surface area contributed by atoms with Gasteiger partial charge in [0, 0.05) is 24.6 Å². The number of nitrogens with two attached hydrogens (primary N) is 1. The molecule has 19 heavy (non-hydrogen) atoms. The normalized spacial score (nSPS) is 10.9. The molecule has 0 aromatic carbocycles. The summed E-state index contributed by atoms with van der Waals surface area (Å²) in [7, 11) is 0. The summed E-state index contributed by atoms with van der Waals surface area (Å²) in [6.45, 7) is 12.3. The molecule has 1 heterocycles. The van der Waals surface area contributed by atoms with Crippen molar-refractivity contribution in [1.29, 1.82) is 0 Å². The van der Waals surface area contributed by atoms with E-state index in [9.17, 15) is 0 Å². The summed E-state index contributed by atoms with van der Waals surface area (Å²) in [6, 6.07) is 4.13. The lowest BCUT2D eigenvalue weighted by atomic mass is 10.1. The molecule has 0 radical (unpaired) electrons. The van der Waals surface area contributed by atoms with Gasteiger partial charge < -0.3 is 11.2 Å². The van der Waals surface area contributed by atoms with Crippen LogP contribution in [0.4, 0.5) is 0 Å². The van der Waals surface area contributed by atoms with Crippen LogP contribution in [0.5, 0.6) is 0 Å². The van der Waals surface area contributed by atoms with Crippen molar-refractivity contribution in [1.82, 2.24) is 4.98 Å². The van der Waals surface area contributed by atoms with Crippen LogP contribution in [0.25, 0.3) is 0 Å². The summed E-state index contributed by atoms with van der Waals surface area (Å²) >= 11 is 4.12. The van der Waals surface area contributed by atoms with Gasteiger partial charge in [0.05, 0.1) is 0 Å². The number of hydrogen-bond acceptors (Lipinski definition) is 3. The van der Waals surface area contributed by atoms with Gasteiger partial charge in [0.15, 0.2) is 0 Å². The van der Waals surface area contributed by atoms with Gasteiger partial charge >= 0.3 is 0 Å². The molecule has 0 aliphatic rings. The number of rotatable bonds is 3. The first-order chi connectivity index (χ1) is 8.34. The molecule has 0 aliphatic heterocycles. The second kappa shape index (κ2) is 13.8. The second-order valence-electron chi connectivity index (χ2n) is 4.85. The van der Waals surface area contributed by atoms with E-state index < -0.39 is 0 Å². The zero-order valence-electron chi connectivity index (χ0n) is 13.3. The summed E-state index contributed by atoms with van der Waals surface area (Å²) in [5.41, 5.74) is 7.06. The van der Waals surface area contributed by atoms with Crippen LogP contribution in [0.2, 0.25) is 0 Å². The Morgan fingerprint density at radius 2 is 1.63 bits per heavy atom. The van der Waals surface area contributed by atoms with Crippen molar-refractivity contribution in [3.8, 4) is 0 Å². The number of pyridine rings is 1. The van der Waals surface area contributed by atoms with Gasteiger partial charge in [-0.25, -0.2) is 0 Å². The first-order valence-electron chi connectivity index (χ1n) is 6.72. The summed E-state index contributed by atoms with van der Waals surface area (Å²) in [5.74, 6) is 0. The summed E-state index contributed by atoms with van der Waals surface area (Å²) in [5, 5.41) is 0. The van der Waals surface area contributed by atoms with Crippen LogP contribution < -0.4 is 5.73 Å². The molecule has 0 spiro atoms. The smallest absolute Gasteiger partial charge is 0.0295 e. The lowest BCUT2D eigenvalue weighted by Crippen LogP contribution is -2.09. The van der Waals surface area contributed by atoms with E-state index in [0.29, 0.717) is 0 Å². The van der Waals surface area contributed by atoms with E-state index in [0.717, 1.165) is 12.8 Å². The van der Waals surface area contributed by atoms with Gasteiger partial charge in [-0.1, -0.05) is 48.0 Å². The predicted molar refractivity (Wildman–Crippen MR) is 91.9 cm³/mol. The van der Waals surface area contributed by atoms with Gasteiger partial charge in [0.25, 0.3) is 0 Å². The molecule has 0 aliphatic carbocycles. The summed E-state index contributed by atoms with van der Waals surface area (Å²) in [6.07, 6.45) is 5.74. The van der Waals surface area contributed by atoms with Crippen LogP contribution in [0, 0.1) is 0 Å². The van der Waals surface area contributed by atoms with E-state index in [4.69, 9.17) is 5.73 Å². The van der Waals surface area contributed by atoms with Crippen LogP contribution in [-0.2, 0) is 0 Å². The first-order valence-corrected chi connectivity index (χ1v) is 7.17. The molecule has 0 saturated carbocycles. The number of nitrogens with zero attached hydrogens (tertiary/aromatic N) is 1. The minimum absolute atomic E-state index is 0. The molecule has 0 saturated heterocycles. The molecular formula is C15H34N2OS. The highest BCUT2D eigenvalue weighted by Gasteiger charge is 2.02. The summed E-state index contributed by atoms with van der Waals surface area (Å²) < 4.78 is 0.194. The number of aromatic nitrogens is 1. The van der Waals surface area contributed by atoms with Crippen LogP contribution in [0.15, 0.2) is 24.5 Å². The van der Waals surface area contributed by atoms with Crippen molar-refractivity contribution in [2.45, 2.75) is 65.2 Å². The van der Waals surface area contributed by atoms with Gasteiger partial charge in [-0.3, -0.25) is 4.98 Å². The molecule has 1 rings (SSSR count). The maximum Gasteiger partial charge on any atom is 0.0295 e. The standard InChI is InChI=1S/C9H14N2.C4H10S.C2H6.H2O.H2/c1-2-3-9(10)8-4-6-11-7-5-8;1-4(2,3)5;1-2;;/h4-7,9H,2-3,10H2,1H3;5H,1-3H3;1-2H3;1H2;1H. The quantitative estimate of drug-likeness (QED) is 0.825. The molecule has 1 aromatic rings. The van der Waals surface area contributed by atoms with Gasteiger partial charge in [0.1, 0.15) is 0 Å². The molecule has 3 nitrogen and oxygen atoms in total. The fraction of sp³-hybridized carbons (Fsp3) is 0.667. The average Bonchev–Trinajstić information content (AvgIpc) is 2.31. The van der Waals surface area contributed by atoms with Crippen molar-refractivity contribution < 1.29 is 6.90 Å². The van der Waals surface area contributed by atoms with Gasteiger partial charge in [-0.2, -0.15) is 12.6 Å². The van der Waals surface area contributed by atoms with E-state index in [2.05, 4.69) is 45.3 Å². The maximum atomic E-state index is 5.88. The minimum atomic E-state index is 0. The molecule has 1 unspecified atom stereocenters. The zero-order chi connectivity index (χ0) is 14.6. The molecular weight excluding hydrogens is 256 g/mol. The third kappa shape index (κ3) is 19.9. The van der Waals surface area contributed by atoms with E-state index >= 15 is 0 Å². The van der Waals surface area contributed by atoms with E-state index in [-0.39, 0.29) is 17.7 Å². The van der Waals surface area contributed by atoms with Crippen LogP contribution in [0.1, 0.15) is 67.4 Å². The first kappa shape index (κ1) is 23.5. The molecule has 116 valence electrons. The Balaban J connectivity index is -0.000000124. The number of thiol groups is 1. The van der Waals surface area contributed by atoms with E-state index in [1.54, 1.807) is 12.4 Å². The SMILES string of the molecule is CC.CC(C)(C)S.CCCC(N)c1ccncc1.O.[HH]. The van der Waals surface area contributed by atoms with Crippen molar-refractivity contribution >= 4 is 12.6 Å². The Kier molecular flexibility index (Phi) is 17.1. The molecule has 0 amide bonds. The third-order valence-corrected chi connectivity index (χ3v) is 1.73. The van der Waals surface area contributed by atoms with Crippen molar-refractivity contribution in [3.63, 3.8) is 0 Å². The largest absolute Gasteiger partial charge is 0.412 e. The Morgan fingerprint density at radius 1 is 1.26 bits per heavy atom. The van der Waals surface area contributed by atoms with Crippen LogP contribution in [-0.4, -0.2) is 15.2 Å². The molecule has 1 atom stereocenters. The van der Waals surface area contributed by atoms with Crippen LogP contribution in [0.3, 0.4) is 0 Å². The highest BCUT2D eigenvalue weighted by atomic mass is 32.1.